The van der Waals surface area contributed by atoms with Crippen molar-refractivity contribution in [3.63, 3.8) is 0 Å². The average molecular weight is 274 g/mol. The largest absolute Gasteiger partial charge is 0.389 e. The zero-order valence-corrected chi connectivity index (χ0v) is 10.0. The summed E-state index contributed by atoms with van der Waals surface area (Å²) in [6, 6.07) is 9.18. The van der Waals surface area contributed by atoms with E-state index in [9.17, 15) is 10.2 Å². The monoisotopic (exact) mass is 273 g/mol. The lowest BCUT2D eigenvalue weighted by molar-refractivity contribution is 0.0195. The Labute approximate surface area is 98.3 Å². The Bertz CT molecular complexity index is 269. The summed E-state index contributed by atoms with van der Waals surface area (Å²) in [6.07, 6.45) is -1.60. The lowest BCUT2D eigenvalue weighted by atomic mass is 10.0. The molecule has 84 valence electrons. The van der Waals surface area contributed by atoms with Crippen LogP contribution in [0.1, 0.15) is 11.7 Å². The summed E-state index contributed by atoms with van der Waals surface area (Å²) < 4.78 is 0. The molecule has 3 N–H and O–H groups in total. The van der Waals surface area contributed by atoms with Crippen molar-refractivity contribution in [1.82, 2.24) is 5.32 Å². The first-order chi connectivity index (χ1) is 7.25. The molecular weight excluding hydrogens is 258 g/mol. The summed E-state index contributed by atoms with van der Waals surface area (Å²) in [5.41, 5.74) is 0.741. The minimum atomic E-state index is -0.825. The third kappa shape index (κ3) is 4.30. The number of nitrogens with one attached hydrogen (secondary N) is 1. The molecule has 0 radical (unpaired) electrons. The molecule has 0 heterocycles. The average Bonchev–Trinajstić information content (AvgIpc) is 2.29. The normalized spacial score (nSPS) is 14.9. The number of halogens is 1. The van der Waals surface area contributed by atoms with Crippen molar-refractivity contribution < 1.29 is 10.2 Å². The molecule has 0 aliphatic carbocycles. The van der Waals surface area contributed by atoms with E-state index in [2.05, 4.69) is 21.2 Å². The van der Waals surface area contributed by atoms with Gasteiger partial charge in [0.2, 0.25) is 0 Å². The van der Waals surface area contributed by atoms with Crippen LogP contribution in [-0.2, 0) is 0 Å². The summed E-state index contributed by atoms with van der Waals surface area (Å²) in [5.74, 6) is 0. The Morgan fingerprint density at radius 3 is 2.47 bits per heavy atom. The Hall–Kier alpha value is -0.420. The molecule has 0 spiro atoms. The number of hydrogen-bond donors (Lipinski definition) is 3. The van der Waals surface area contributed by atoms with Gasteiger partial charge in [-0.15, -0.1) is 0 Å². The molecule has 0 fully saturated rings. The van der Waals surface area contributed by atoms with Crippen molar-refractivity contribution in [2.24, 2.45) is 0 Å². The third-order valence-corrected chi connectivity index (χ3v) is 2.53. The van der Waals surface area contributed by atoms with Gasteiger partial charge in [-0.05, 0) is 5.56 Å². The molecule has 0 aliphatic rings. The molecule has 0 saturated heterocycles. The Kier molecular flexibility index (Phi) is 5.86. The number of rotatable bonds is 6. The van der Waals surface area contributed by atoms with Gasteiger partial charge in [-0.2, -0.15) is 0 Å². The zero-order valence-electron chi connectivity index (χ0n) is 8.44. The summed E-state index contributed by atoms with van der Waals surface area (Å²) in [4.78, 5) is 0. The van der Waals surface area contributed by atoms with E-state index in [1.54, 1.807) is 12.1 Å². The van der Waals surface area contributed by atoms with Gasteiger partial charge in [-0.3, -0.25) is 0 Å². The molecule has 0 aliphatic heterocycles. The molecule has 3 nitrogen and oxygen atoms in total. The van der Waals surface area contributed by atoms with Gasteiger partial charge in [0.1, 0.15) is 6.10 Å². The number of aliphatic hydroxyl groups is 2. The molecule has 1 rings (SSSR count). The maximum atomic E-state index is 9.79. The van der Waals surface area contributed by atoms with E-state index in [0.717, 1.165) is 17.4 Å². The van der Waals surface area contributed by atoms with E-state index < -0.39 is 12.2 Å². The summed E-state index contributed by atoms with van der Waals surface area (Å²) in [6.45, 7) is 1.17. The van der Waals surface area contributed by atoms with Gasteiger partial charge in [0.25, 0.3) is 0 Å². The SMILES string of the molecule is O[C@@H](CNCCBr)[C@@H](O)c1ccccc1. The first-order valence-corrected chi connectivity index (χ1v) is 6.05. The van der Waals surface area contributed by atoms with Gasteiger partial charge in [0.05, 0.1) is 6.10 Å². The minimum absolute atomic E-state index is 0.391. The molecule has 15 heavy (non-hydrogen) atoms. The van der Waals surface area contributed by atoms with Crippen LogP contribution in [0.4, 0.5) is 0 Å². The van der Waals surface area contributed by atoms with E-state index in [-0.39, 0.29) is 0 Å². The highest BCUT2D eigenvalue weighted by Crippen LogP contribution is 2.15. The fourth-order valence-electron chi connectivity index (χ4n) is 1.30. The van der Waals surface area contributed by atoms with E-state index >= 15 is 0 Å². The van der Waals surface area contributed by atoms with Crippen molar-refractivity contribution in [2.45, 2.75) is 12.2 Å². The van der Waals surface area contributed by atoms with Gasteiger partial charge >= 0.3 is 0 Å². The van der Waals surface area contributed by atoms with Crippen LogP contribution in [0.15, 0.2) is 30.3 Å². The van der Waals surface area contributed by atoms with Crippen molar-refractivity contribution in [1.29, 1.82) is 0 Å². The van der Waals surface area contributed by atoms with Crippen LogP contribution in [0.3, 0.4) is 0 Å². The van der Waals surface area contributed by atoms with Crippen LogP contribution >= 0.6 is 15.9 Å². The number of hydrogen-bond acceptors (Lipinski definition) is 3. The van der Waals surface area contributed by atoms with Gasteiger partial charge in [-0.1, -0.05) is 46.3 Å². The van der Waals surface area contributed by atoms with Crippen LogP contribution in [0.2, 0.25) is 0 Å². The second kappa shape index (κ2) is 6.95. The lowest BCUT2D eigenvalue weighted by Crippen LogP contribution is -2.32. The standard InChI is InChI=1S/C11H16BrNO2/c12-6-7-13-8-10(14)11(15)9-4-2-1-3-5-9/h1-5,10-11,13-15H,6-8H2/t10-,11-/m0/s1. The maximum absolute atomic E-state index is 9.79. The molecule has 0 unspecified atom stereocenters. The van der Waals surface area contributed by atoms with Gasteiger partial charge in [-0.25, -0.2) is 0 Å². The van der Waals surface area contributed by atoms with Gasteiger partial charge in [0, 0.05) is 18.4 Å². The molecule has 1 aromatic rings. The van der Waals surface area contributed by atoms with E-state index in [4.69, 9.17) is 0 Å². The van der Waals surface area contributed by atoms with Crippen molar-refractivity contribution >= 4 is 15.9 Å². The second-order valence-corrected chi connectivity index (χ2v) is 4.11. The first kappa shape index (κ1) is 12.6. The first-order valence-electron chi connectivity index (χ1n) is 4.93. The molecule has 0 aromatic heterocycles. The Morgan fingerprint density at radius 1 is 1.20 bits per heavy atom. The molecule has 0 bridgehead atoms. The van der Waals surface area contributed by atoms with E-state index in [0.29, 0.717) is 6.54 Å². The smallest absolute Gasteiger partial charge is 0.106 e. The predicted octanol–water partition coefficient (Wildman–Crippen LogP) is 1.07. The van der Waals surface area contributed by atoms with E-state index in [1.165, 1.54) is 0 Å². The highest BCUT2D eigenvalue weighted by Gasteiger charge is 2.16. The molecule has 0 saturated carbocycles. The molecule has 1 aromatic carbocycles. The highest BCUT2D eigenvalue weighted by molar-refractivity contribution is 9.09. The maximum Gasteiger partial charge on any atom is 0.106 e. The van der Waals surface area contributed by atoms with Crippen LogP contribution in [0.5, 0.6) is 0 Å². The van der Waals surface area contributed by atoms with E-state index in [1.807, 2.05) is 18.2 Å². The zero-order chi connectivity index (χ0) is 11.1. The van der Waals surface area contributed by atoms with Crippen LogP contribution < -0.4 is 5.32 Å². The number of aliphatic hydroxyl groups excluding tert-OH is 2. The fraction of sp³-hybridized carbons (Fsp3) is 0.455. The van der Waals surface area contributed by atoms with Crippen molar-refractivity contribution in [3.8, 4) is 0 Å². The molecular formula is C11H16BrNO2. The summed E-state index contributed by atoms with van der Waals surface area (Å²) >= 11 is 3.27. The second-order valence-electron chi connectivity index (χ2n) is 3.32. The topological polar surface area (TPSA) is 52.5 Å². The highest BCUT2D eigenvalue weighted by atomic mass is 79.9. The quantitative estimate of drug-likeness (QED) is 0.537. The number of alkyl halides is 1. The molecule has 0 amide bonds. The Balaban J connectivity index is 2.42. The summed E-state index contributed by atoms with van der Waals surface area (Å²) in [7, 11) is 0. The molecule has 4 heteroatoms. The molecule has 2 atom stereocenters. The lowest BCUT2D eigenvalue weighted by Gasteiger charge is -2.18. The van der Waals surface area contributed by atoms with Crippen LogP contribution in [-0.4, -0.2) is 34.7 Å². The van der Waals surface area contributed by atoms with Crippen molar-refractivity contribution in [3.05, 3.63) is 35.9 Å². The Morgan fingerprint density at radius 2 is 1.87 bits per heavy atom. The van der Waals surface area contributed by atoms with Gasteiger partial charge in [0.15, 0.2) is 0 Å². The summed E-state index contributed by atoms with van der Waals surface area (Å²) in [5, 5.41) is 23.3. The van der Waals surface area contributed by atoms with Crippen molar-refractivity contribution in [2.75, 3.05) is 18.4 Å². The van der Waals surface area contributed by atoms with Crippen LogP contribution in [0, 0.1) is 0 Å². The third-order valence-electron chi connectivity index (χ3n) is 2.13. The minimum Gasteiger partial charge on any atom is -0.389 e. The van der Waals surface area contributed by atoms with Gasteiger partial charge < -0.3 is 15.5 Å². The number of benzene rings is 1. The fourth-order valence-corrected chi connectivity index (χ4v) is 1.58. The van der Waals surface area contributed by atoms with Crippen LogP contribution in [0.25, 0.3) is 0 Å². The predicted molar refractivity (Wildman–Crippen MR) is 64.1 cm³/mol.